The van der Waals surface area contributed by atoms with Crippen LogP contribution in [0.3, 0.4) is 0 Å². The molecule has 2 bridgehead atoms. The number of hydrogen-bond acceptors (Lipinski definition) is 10. The molecule has 36 heavy (non-hydrogen) atoms. The smallest absolute Gasteiger partial charge is 0.303 e. The fraction of sp³-hybridized carbons (Fsp3) is 0.846. The molecule has 6 atom stereocenters. The second-order valence-corrected chi connectivity index (χ2v) is 10.4. The van der Waals surface area contributed by atoms with Crippen molar-refractivity contribution in [2.75, 3.05) is 34.4 Å². The lowest BCUT2D eigenvalue weighted by atomic mass is 9.76. The van der Waals surface area contributed by atoms with Crippen molar-refractivity contribution in [1.29, 1.82) is 0 Å². The highest BCUT2D eigenvalue weighted by Gasteiger charge is 2.52. The van der Waals surface area contributed by atoms with Crippen LogP contribution in [0.5, 0.6) is 0 Å². The Balaban J connectivity index is 2.53. The van der Waals surface area contributed by atoms with Crippen LogP contribution in [0.1, 0.15) is 73.1 Å². The van der Waals surface area contributed by atoms with Gasteiger partial charge in [-0.3, -0.25) is 9.59 Å². The molecule has 0 amide bonds. The summed E-state index contributed by atoms with van der Waals surface area (Å²) in [4.78, 5) is 23.7. The molecule has 2 rings (SSSR count). The molecule has 1 N–H and O–H groups in total. The summed E-state index contributed by atoms with van der Waals surface area (Å²) in [5.41, 5.74) is -2.19. The predicted octanol–water partition coefficient (Wildman–Crippen LogP) is 3.04. The van der Waals surface area contributed by atoms with Gasteiger partial charge in [-0.2, -0.15) is 0 Å². The number of aliphatic hydroxyl groups is 1. The first-order chi connectivity index (χ1) is 16.9. The SMILES string of the molecule is COCO[C@]1(C)C[C@@H](OC(C)=O)[C@@](O)(COC(C)=O)C/C=C(\C)CC[C@H]2O[C@H]1CC[C@]2(C)OCOC. The molecule has 10 heteroatoms. The van der Waals surface area contributed by atoms with E-state index in [2.05, 4.69) is 0 Å². The van der Waals surface area contributed by atoms with Gasteiger partial charge >= 0.3 is 11.9 Å². The van der Waals surface area contributed by atoms with Gasteiger partial charge in [0.15, 0.2) is 0 Å². The van der Waals surface area contributed by atoms with Gasteiger partial charge in [-0.15, -0.1) is 0 Å². The molecular formula is C26H44O10. The van der Waals surface area contributed by atoms with Crippen LogP contribution >= 0.6 is 0 Å². The maximum Gasteiger partial charge on any atom is 0.303 e. The van der Waals surface area contributed by atoms with E-state index in [-0.39, 0.29) is 39.1 Å². The van der Waals surface area contributed by atoms with E-state index < -0.39 is 40.9 Å². The standard InChI is InChI=1S/C26H44O10/c1-18-8-9-21-24(4,33-16-30-6)12-11-22(36-21)25(5,34-17-31-7)14-23(35-20(3)28)26(29,13-10-18)15-32-19(2)27/h10,21-23,29H,8-9,11-17H2,1-7H3/b18-10+/t21-,22+,23-,24+,25-,26+/m1/s1. The topological polar surface area (TPSA) is 119 Å². The summed E-state index contributed by atoms with van der Waals surface area (Å²) in [6.07, 6.45) is 3.09. The minimum absolute atomic E-state index is 0.0212. The van der Waals surface area contributed by atoms with Crippen LogP contribution in [-0.4, -0.2) is 86.6 Å². The summed E-state index contributed by atoms with van der Waals surface area (Å²) in [6.45, 7) is 8.22. The van der Waals surface area contributed by atoms with Gasteiger partial charge in [0.1, 0.15) is 31.9 Å². The lowest BCUT2D eigenvalue weighted by Gasteiger charge is -2.50. The largest absolute Gasteiger partial charge is 0.463 e. The molecule has 0 spiro atoms. The van der Waals surface area contributed by atoms with Crippen molar-refractivity contribution >= 4 is 11.9 Å². The van der Waals surface area contributed by atoms with Crippen molar-refractivity contribution in [1.82, 2.24) is 0 Å². The van der Waals surface area contributed by atoms with Gasteiger partial charge in [0, 0.05) is 40.9 Å². The second kappa shape index (κ2) is 13.3. The Morgan fingerprint density at radius 2 is 1.64 bits per heavy atom. The minimum atomic E-state index is -1.67. The summed E-state index contributed by atoms with van der Waals surface area (Å²) in [5, 5.41) is 11.7. The van der Waals surface area contributed by atoms with Gasteiger partial charge in [0.2, 0.25) is 0 Å². The third-order valence-corrected chi connectivity index (χ3v) is 7.24. The van der Waals surface area contributed by atoms with Crippen molar-refractivity contribution in [3.8, 4) is 0 Å². The van der Waals surface area contributed by atoms with Gasteiger partial charge in [0.25, 0.3) is 0 Å². The quantitative estimate of drug-likeness (QED) is 0.278. The molecule has 0 aliphatic carbocycles. The third kappa shape index (κ3) is 8.22. The summed E-state index contributed by atoms with van der Waals surface area (Å²) >= 11 is 0. The maximum absolute atomic E-state index is 12.1. The molecule has 2 aliphatic heterocycles. The van der Waals surface area contributed by atoms with Crippen LogP contribution in [0.15, 0.2) is 11.6 Å². The van der Waals surface area contributed by atoms with Gasteiger partial charge in [-0.05, 0) is 46.5 Å². The van der Waals surface area contributed by atoms with Crippen molar-refractivity contribution in [2.45, 2.75) is 108 Å². The molecule has 2 heterocycles. The highest BCUT2D eigenvalue weighted by molar-refractivity contribution is 5.66. The number of allylic oxidation sites excluding steroid dienone is 1. The Labute approximate surface area is 214 Å². The second-order valence-electron chi connectivity index (χ2n) is 10.4. The lowest BCUT2D eigenvalue weighted by molar-refractivity contribution is -0.273. The van der Waals surface area contributed by atoms with E-state index in [9.17, 15) is 14.7 Å². The third-order valence-electron chi connectivity index (χ3n) is 7.24. The zero-order valence-corrected chi connectivity index (χ0v) is 22.8. The molecule has 2 aliphatic rings. The van der Waals surface area contributed by atoms with Gasteiger partial charge in [-0.25, -0.2) is 0 Å². The zero-order chi connectivity index (χ0) is 27.0. The number of rotatable bonds is 9. The van der Waals surface area contributed by atoms with E-state index in [0.29, 0.717) is 25.7 Å². The Hall–Kier alpha value is -1.56. The molecule has 10 nitrogen and oxygen atoms in total. The number of esters is 2. The first-order valence-corrected chi connectivity index (χ1v) is 12.5. The number of methoxy groups -OCH3 is 2. The van der Waals surface area contributed by atoms with Crippen LogP contribution in [0.2, 0.25) is 0 Å². The van der Waals surface area contributed by atoms with E-state index >= 15 is 0 Å². The van der Waals surface area contributed by atoms with Gasteiger partial charge in [-0.1, -0.05) is 11.6 Å². The van der Waals surface area contributed by atoms with Crippen LogP contribution in [0, 0.1) is 0 Å². The summed E-state index contributed by atoms with van der Waals surface area (Å²) in [5.74, 6) is -1.10. The average molecular weight is 517 g/mol. The Kier molecular flexibility index (Phi) is 11.3. The highest BCUT2D eigenvalue weighted by atomic mass is 16.7. The lowest BCUT2D eigenvalue weighted by Crippen LogP contribution is -2.59. The van der Waals surface area contributed by atoms with Crippen molar-refractivity contribution in [2.24, 2.45) is 0 Å². The number of carbonyl (C=O) groups is 2. The molecular weight excluding hydrogens is 472 g/mol. The summed E-state index contributed by atoms with van der Waals surface area (Å²) in [6, 6.07) is 0. The zero-order valence-electron chi connectivity index (χ0n) is 22.8. The average Bonchev–Trinajstić information content (AvgIpc) is 2.82. The monoisotopic (exact) mass is 516 g/mol. The van der Waals surface area contributed by atoms with E-state index in [1.54, 1.807) is 7.11 Å². The minimum Gasteiger partial charge on any atom is -0.463 e. The summed E-state index contributed by atoms with van der Waals surface area (Å²) < 4.78 is 40.2. The van der Waals surface area contributed by atoms with Crippen LogP contribution in [0.4, 0.5) is 0 Å². The normalized spacial score (nSPS) is 37.1. The molecule has 0 aromatic carbocycles. The Morgan fingerprint density at radius 3 is 2.22 bits per heavy atom. The number of fused-ring (bicyclic) bond motifs is 2. The molecule has 0 saturated carbocycles. The molecule has 0 aromatic rings. The fourth-order valence-electron chi connectivity index (χ4n) is 4.88. The van der Waals surface area contributed by atoms with Crippen molar-refractivity contribution < 1.29 is 47.9 Å². The van der Waals surface area contributed by atoms with Crippen LogP contribution < -0.4 is 0 Å². The molecule has 0 aromatic heterocycles. The van der Waals surface area contributed by atoms with Crippen LogP contribution in [-0.2, 0) is 42.7 Å². The molecule has 1 fully saturated rings. The van der Waals surface area contributed by atoms with E-state index in [1.807, 2.05) is 26.8 Å². The maximum atomic E-state index is 12.1. The number of hydrogen-bond donors (Lipinski definition) is 1. The summed E-state index contributed by atoms with van der Waals surface area (Å²) in [7, 11) is 3.11. The number of carbonyl (C=O) groups excluding carboxylic acids is 2. The molecule has 208 valence electrons. The highest BCUT2D eigenvalue weighted by Crippen LogP contribution is 2.42. The van der Waals surface area contributed by atoms with Crippen molar-refractivity contribution in [3.63, 3.8) is 0 Å². The molecule has 1 saturated heterocycles. The Bertz CT molecular complexity index is 770. The molecule has 0 radical (unpaired) electrons. The molecule has 0 unspecified atom stereocenters. The van der Waals surface area contributed by atoms with E-state index in [1.165, 1.54) is 21.0 Å². The van der Waals surface area contributed by atoms with Gasteiger partial charge < -0.3 is 38.3 Å². The predicted molar refractivity (Wildman–Crippen MR) is 130 cm³/mol. The fourth-order valence-corrected chi connectivity index (χ4v) is 4.88. The van der Waals surface area contributed by atoms with E-state index in [0.717, 1.165) is 5.57 Å². The van der Waals surface area contributed by atoms with Gasteiger partial charge in [0.05, 0.1) is 23.4 Å². The van der Waals surface area contributed by atoms with E-state index in [4.69, 9.17) is 33.2 Å². The first-order valence-electron chi connectivity index (χ1n) is 12.5. The van der Waals surface area contributed by atoms with Crippen molar-refractivity contribution in [3.05, 3.63) is 11.6 Å². The number of ether oxygens (including phenoxy) is 7. The Morgan fingerprint density at radius 1 is 1.03 bits per heavy atom. The van der Waals surface area contributed by atoms with Crippen LogP contribution in [0.25, 0.3) is 0 Å². The first kappa shape index (κ1) is 30.7.